The van der Waals surface area contributed by atoms with E-state index in [9.17, 15) is 0 Å². The van der Waals surface area contributed by atoms with E-state index in [2.05, 4.69) is 62.3 Å². The van der Waals surface area contributed by atoms with Gasteiger partial charge in [-0.1, -0.05) is 53.6 Å². The fraction of sp³-hybridized carbons (Fsp3) is 0.208. The summed E-state index contributed by atoms with van der Waals surface area (Å²) >= 11 is 6.13. The van der Waals surface area contributed by atoms with Crippen molar-refractivity contribution in [1.82, 2.24) is 24.7 Å². The van der Waals surface area contributed by atoms with Crippen molar-refractivity contribution in [3.8, 4) is 6.07 Å². The topological polar surface area (TPSA) is 83.5 Å². The van der Waals surface area contributed by atoms with Crippen LogP contribution in [-0.2, 0) is 19.5 Å². The SMILES string of the molecule is Cc1ccc(CCN(Cc2nncn2Cc2ccc(C#N)cc2)c2nccc(Cl)n2)cc1. The van der Waals surface area contributed by atoms with Crippen LogP contribution in [0.25, 0.3) is 0 Å². The van der Waals surface area contributed by atoms with Gasteiger partial charge in [-0.3, -0.25) is 0 Å². The average Bonchev–Trinajstić information content (AvgIpc) is 3.24. The maximum Gasteiger partial charge on any atom is 0.227 e. The number of aryl methyl sites for hydroxylation is 1. The van der Waals surface area contributed by atoms with E-state index in [1.54, 1.807) is 18.6 Å². The van der Waals surface area contributed by atoms with E-state index < -0.39 is 0 Å². The quantitative estimate of drug-likeness (QED) is 0.379. The second-order valence-corrected chi connectivity index (χ2v) is 7.91. The lowest BCUT2D eigenvalue weighted by Gasteiger charge is -2.22. The smallest absolute Gasteiger partial charge is 0.227 e. The number of hydrogen-bond acceptors (Lipinski definition) is 6. The van der Waals surface area contributed by atoms with Crippen LogP contribution in [0.2, 0.25) is 5.15 Å². The Hall–Kier alpha value is -3.76. The van der Waals surface area contributed by atoms with Crippen molar-refractivity contribution in [3.05, 3.63) is 100 Å². The number of nitrogens with zero attached hydrogens (tertiary/aromatic N) is 7. The lowest BCUT2D eigenvalue weighted by molar-refractivity contribution is 0.666. The normalized spacial score (nSPS) is 10.7. The summed E-state index contributed by atoms with van der Waals surface area (Å²) in [6.45, 7) is 3.88. The first-order chi connectivity index (χ1) is 15.6. The summed E-state index contributed by atoms with van der Waals surface area (Å²) in [7, 11) is 0. The molecule has 2 aromatic heterocycles. The van der Waals surface area contributed by atoms with Crippen LogP contribution < -0.4 is 4.90 Å². The van der Waals surface area contributed by atoms with E-state index in [4.69, 9.17) is 16.9 Å². The van der Waals surface area contributed by atoms with Crippen molar-refractivity contribution in [2.24, 2.45) is 0 Å². The van der Waals surface area contributed by atoms with Crippen LogP contribution in [0.4, 0.5) is 5.95 Å². The number of nitriles is 1. The van der Waals surface area contributed by atoms with Gasteiger partial charge in [0.25, 0.3) is 0 Å². The van der Waals surface area contributed by atoms with Gasteiger partial charge in [0.2, 0.25) is 5.95 Å². The maximum atomic E-state index is 9.00. The van der Waals surface area contributed by atoms with Gasteiger partial charge in [0.1, 0.15) is 11.5 Å². The molecule has 0 saturated carbocycles. The lowest BCUT2D eigenvalue weighted by Crippen LogP contribution is -2.29. The number of anilines is 1. The molecule has 0 N–H and O–H groups in total. The molecule has 0 spiro atoms. The zero-order valence-corrected chi connectivity index (χ0v) is 18.4. The van der Waals surface area contributed by atoms with E-state index in [-0.39, 0.29) is 0 Å². The van der Waals surface area contributed by atoms with Crippen LogP contribution in [0.15, 0.2) is 67.1 Å². The third kappa shape index (κ3) is 5.48. The molecule has 4 aromatic rings. The lowest BCUT2D eigenvalue weighted by atomic mass is 10.1. The van der Waals surface area contributed by atoms with Crippen molar-refractivity contribution >= 4 is 17.5 Å². The van der Waals surface area contributed by atoms with Crippen LogP contribution in [0.1, 0.15) is 28.1 Å². The summed E-state index contributed by atoms with van der Waals surface area (Å²) < 4.78 is 1.99. The second-order valence-electron chi connectivity index (χ2n) is 7.52. The Morgan fingerprint density at radius 2 is 1.78 bits per heavy atom. The monoisotopic (exact) mass is 443 g/mol. The van der Waals surface area contributed by atoms with E-state index >= 15 is 0 Å². The molecule has 0 aliphatic heterocycles. The first kappa shape index (κ1) is 21.5. The number of hydrogen-bond donors (Lipinski definition) is 0. The molecule has 2 aromatic carbocycles. The van der Waals surface area contributed by atoms with E-state index in [1.807, 2.05) is 28.8 Å². The van der Waals surface area contributed by atoms with Crippen molar-refractivity contribution in [2.75, 3.05) is 11.4 Å². The molecule has 0 bridgehead atoms. The van der Waals surface area contributed by atoms with E-state index in [0.717, 1.165) is 17.8 Å². The molecule has 0 aliphatic rings. The van der Waals surface area contributed by atoms with Gasteiger partial charge < -0.3 is 9.47 Å². The molecule has 0 saturated heterocycles. The molecule has 160 valence electrons. The zero-order valence-electron chi connectivity index (χ0n) is 17.7. The van der Waals surface area contributed by atoms with Crippen LogP contribution >= 0.6 is 11.6 Å². The van der Waals surface area contributed by atoms with Gasteiger partial charge in [-0.05, 0) is 42.7 Å². The van der Waals surface area contributed by atoms with Crippen LogP contribution in [0, 0.1) is 18.3 Å². The highest BCUT2D eigenvalue weighted by atomic mass is 35.5. The van der Waals surface area contributed by atoms with Gasteiger partial charge in [-0.2, -0.15) is 5.26 Å². The van der Waals surface area contributed by atoms with E-state index in [1.165, 1.54) is 11.1 Å². The molecular weight excluding hydrogens is 422 g/mol. The number of benzene rings is 2. The Balaban J connectivity index is 1.53. The highest BCUT2D eigenvalue weighted by Gasteiger charge is 2.15. The third-order valence-electron chi connectivity index (χ3n) is 5.15. The highest BCUT2D eigenvalue weighted by molar-refractivity contribution is 6.29. The van der Waals surface area contributed by atoms with Crippen molar-refractivity contribution < 1.29 is 0 Å². The fourth-order valence-electron chi connectivity index (χ4n) is 3.33. The maximum absolute atomic E-state index is 9.00. The molecule has 0 fully saturated rings. The predicted molar refractivity (Wildman–Crippen MR) is 123 cm³/mol. The predicted octanol–water partition coefficient (Wildman–Crippen LogP) is 4.20. The Bertz CT molecular complexity index is 1210. The van der Waals surface area contributed by atoms with Gasteiger partial charge in [0, 0.05) is 12.7 Å². The molecule has 0 unspecified atom stereocenters. The molecular formula is C24H22ClN7. The molecule has 0 aliphatic carbocycles. The Morgan fingerprint density at radius 3 is 2.50 bits per heavy atom. The standard InChI is InChI=1S/C24H22ClN7/c1-18-2-4-19(5-3-18)11-13-31(24-27-12-10-22(25)29-24)16-23-30-28-17-32(23)15-21-8-6-20(14-26)7-9-21/h2-10,12,17H,11,13,15-16H2,1H3. The van der Waals surface area contributed by atoms with Gasteiger partial charge in [-0.15, -0.1) is 10.2 Å². The Kier molecular flexibility index (Phi) is 6.73. The molecule has 0 atom stereocenters. The molecule has 8 heteroatoms. The highest BCUT2D eigenvalue weighted by Crippen LogP contribution is 2.16. The summed E-state index contributed by atoms with van der Waals surface area (Å²) in [5.41, 5.74) is 4.18. The van der Waals surface area contributed by atoms with Gasteiger partial charge in [0.15, 0.2) is 5.82 Å². The van der Waals surface area contributed by atoms with Crippen LogP contribution in [0.5, 0.6) is 0 Å². The Labute approximate surface area is 192 Å². The third-order valence-corrected chi connectivity index (χ3v) is 5.36. The molecule has 32 heavy (non-hydrogen) atoms. The van der Waals surface area contributed by atoms with Gasteiger partial charge >= 0.3 is 0 Å². The first-order valence-corrected chi connectivity index (χ1v) is 10.6. The summed E-state index contributed by atoms with van der Waals surface area (Å²) in [6.07, 6.45) is 4.20. The van der Waals surface area contributed by atoms with Gasteiger partial charge in [0.05, 0.1) is 24.7 Å². The van der Waals surface area contributed by atoms with Crippen molar-refractivity contribution in [1.29, 1.82) is 5.26 Å². The van der Waals surface area contributed by atoms with Crippen LogP contribution in [-0.4, -0.2) is 31.3 Å². The summed E-state index contributed by atoms with van der Waals surface area (Å²) in [5.74, 6) is 1.35. The summed E-state index contributed by atoms with van der Waals surface area (Å²) in [6, 6.07) is 19.8. The first-order valence-electron chi connectivity index (χ1n) is 10.3. The summed E-state index contributed by atoms with van der Waals surface area (Å²) in [4.78, 5) is 10.9. The molecule has 0 radical (unpaired) electrons. The molecule has 7 nitrogen and oxygen atoms in total. The average molecular weight is 444 g/mol. The van der Waals surface area contributed by atoms with E-state index in [0.29, 0.717) is 36.3 Å². The summed E-state index contributed by atoms with van der Waals surface area (Å²) in [5, 5.41) is 17.8. The van der Waals surface area contributed by atoms with Gasteiger partial charge in [-0.25, -0.2) is 9.97 Å². The molecule has 2 heterocycles. The Morgan fingerprint density at radius 1 is 1.03 bits per heavy atom. The number of halogens is 1. The number of aromatic nitrogens is 5. The zero-order chi connectivity index (χ0) is 22.3. The van der Waals surface area contributed by atoms with Crippen molar-refractivity contribution in [3.63, 3.8) is 0 Å². The number of rotatable bonds is 8. The minimum Gasteiger partial charge on any atom is -0.333 e. The fourth-order valence-corrected chi connectivity index (χ4v) is 3.47. The van der Waals surface area contributed by atoms with Crippen LogP contribution in [0.3, 0.4) is 0 Å². The minimum atomic E-state index is 0.398. The molecule has 4 rings (SSSR count). The minimum absolute atomic E-state index is 0.398. The second kappa shape index (κ2) is 10.0. The largest absolute Gasteiger partial charge is 0.333 e. The van der Waals surface area contributed by atoms with Crippen molar-refractivity contribution in [2.45, 2.75) is 26.4 Å². The molecule has 0 amide bonds.